The van der Waals surface area contributed by atoms with Crippen LogP contribution < -0.4 is 10.6 Å². The highest BCUT2D eigenvalue weighted by molar-refractivity contribution is 9.10. The Kier molecular flexibility index (Phi) is 6.20. The molecule has 6 nitrogen and oxygen atoms in total. The second-order valence-electron chi connectivity index (χ2n) is 6.14. The quantitative estimate of drug-likeness (QED) is 0.613. The topological polar surface area (TPSA) is 76.0 Å². The van der Waals surface area contributed by atoms with Crippen LogP contribution in [0.2, 0.25) is 0 Å². The van der Waals surface area contributed by atoms with E-state index < -0.39 is 6.04 Å². The Morgan fingerprint density at radius 3 is 2.61 bits per heavy atom. The summed E-state index contributed by atoms with van der Waals surface area (Å²) >= 11 is 3.31. The predicted octanol–water partition coefficient (Wildman–Crippen LogP) is 2.96. The summed E-state index contributed by atoms with van der Waals surface area (Å²) in [5, 5.41) is 5.44. The molecule has 0 radical (unpaired) electrons. The predicted molar refractivity (Wildman–Crippen MR) is 106 cm³/mol. The van der Waals surface area contributed by atoms with Gasteiger partial charge in [0.1, 0.15) is 17.7 Å². The van der Waals surface area contributed by atoms with Crippen molar-refractivity contribution in [3.8, 4) is 0 Å². The van der Waals surface area contributed by atoms with Crippen molar-refractivity contribution in [1.82, 2.24) is 20.2 Å². The van der Waals surface area contributed by atoms with Crippen molar-refractivity contribution in [2.24, 2.45) is 7.05 Å². The van der Waals surface area contributed by atoms with Gasteiger partial charge in [-0.15, -0.1) is 0 Å². The summed E-state index contributed by atoms with van der Waals surface area (Å²) in [4.78, 5) is 28.9. The molecule has 0 bridgehead atoms. The first-order valence-electron chi connectivity index (χ1n) is 8.50. The molecule has 0 saturated carbocycles. The second kappa shape index (κ2) is 8.79. The highest BCUT2D eigenvalue weighted by Crippen LogP contribution is 2.20. The number of hydrogen-bond acceptors (Lipinski definition) is 3. The fourth-order valence-corrected chi connectivity index (χ4v) is 3.11. The Morgan fingerprint density at radius 2 is 1.96 bits per heavy atom. The largest absolute Gasteiger partial charge is 0.343 e. The number of halogens is 2. The molecule has 144 valence electrons. The molecule has 0 saturated heterocycles. The molecule has 0 fully saturated rings. The number of imidazole rings is 1. The molecular formula is C20H18BrFN4O2. The lowest BCUT2D eigenvalue weighted by Gasteiger charge is -2.19. The monoisotopic (exact) mass is 444 g/mol. The van der Waals surface area contributed by atoms with Crippen molar-refractivity contribution in [1.29, 1.82) is 0 Å². The Morgan fingerprint density at radius 1 is 1.21 bits per heavy atom. The highest BCUT2D eigenvalue weighted by atomic mass is 79.9. The minimum atomic E-state index is -0.573. The third kappa shape index (κ3) is 4.83. The lowest BCUT2D eigenvalue weighted by molar-refractivity contribution is -0.120. The number of carbonyl (C=O) groups excluding carboxylic acids is 2. The molecule has 3 rings (SSSR count). The lowest BCUT2D eigenvalue weighted by atomic mass is 10.1. The number of benzene rings is 2. The van der Waals surface area contributed by atoms with Gasteiger partial charge in [-0.3, -0.25) is 9.59 Å². The van der Waals surface area contributed by atoms with Crippen LogP contribution >= 0.6 is 15.9 Å². The van der Waals surface area contributed by atoms with Crippen molar-refractivity contribution < 1.29 is 14.0 Å². The molecule has 1 aromatic heterocycles. The van der Waals surface area contributed by atoms with Crippen molar-refractivity contribution >= 4 is 27.7 Å². The third-order valence-electron chi connectivity index (χ3n) is 4.12. The number of nitrogens with zero attached hydrogens (tertiary/aromatic N) is 2. The molecule has 8 heteroatoms. The molecule has 0 aliphatic carbocycles. The van der Waals surface area contributed by atoms with Gasteiger partial charge in [0, 0.05) is 29.5 Å². The lowest BCUT2D eigenvalue weighted by Crippen LogP contribution is -2.39. The molecule has 1 unspecified atom stereocenters. The summed E-state index contributed by atoms with van der Waals surface area (Å²) in [5.74, 6) is -0.513. The van der Waals surface area contributed by atoms with Crippen LogP contribution in [0, 0.1) is 5.82 Å². The summed E-state index contributed by atoms with van der Waals surface area (Å²) in [6.07, 6.45) is 3.38. The van der Waals surface area contributed by atoms with Gasteiger partial charge in [0.25, 0.3) is 5.91 Å². The van der Waals surface area contributed by atoms with Gasteiger partial charge in [0.15, 0.2) is 0 Å². The SMILES string of the molecule is Cn1ccnc1C(NC(=O)CNC(=O)c1cccc(Br)c1)c1ccc(F)cc1. The van der Waals surface area contributed by atoms with Crippen LogP contribution in [0.4, 0.5) is 4.39 Å². The van der Waals surface area contributed by atoms with Gasteiger partial charge in [-0.25, -0.2) is 9.37 Å². The number of aryl methyl sites for hydroxylation is 1. The maximum atomic E-state index is 13.3. The van der Waals surface area contributed by atoms with E-state index in [-0.39, 0.29) is 24.2 Å². The van der Waals surface area contributed by atoms with Crippen LogP contribution in [-0.4, -0.2) is 27.9 Å². The zero-order valence-corrected chi connectivity index (χ0v) is 16.6. The standard InChI is InChI=1S/C20H18BrFN4O2/c1-26-10-9-23-19(26)18(13-5-7-16(22)8-6-13)25-17(27)12-24-20(28)14-3-2-4-15(21)11-14/h2-11,18H,12H2,1H3,(H,24,28)(H,25,27). The van der Waals surface area contributed by atoms with E-state index in [4.69, 9.17) is 0 Å². The fraction of sp³-hybridized carbons (Fsp3) is 0.150. The third-order valence-corrected chi connectivity index (χ3v) is 4.61. The van der Waals surface area contributed by atoms with Crippen LogP contribution in [0.3, 0.4) is 0 Å². The van der Waals surface area contributed by atoms with Gasteiger partial charge in [0.05, 0.1) is 6.54 Å². The van der Waals surface area contributed by atoms with E-state index in [9.17, 15) is 14.0 Å². The Labute approximate surface area is 169 Å². The zero-order valence-electron chi connectivity index (χ0n) is 15.0. The van der Waals surface area contributed by atoms with E-state index in [1.54, 1.807) is 54.3 Å². The molecule has 3 aromatic rings. The van der Waals surface area contributed by atoms with Gasteiger partial charge in [0.2, 0.25) is 5.91 Å². The highest BCUT2D eigenvalue weighted by Gasteiger charge is 2.21. The first kappa shape index (κ1) is 19.8. The Hall–Kier alpha value is -3.00. The summed E-state index contributed by atoms with van der Waals surface area (Å²) in [6.45, 7) is -0.201. The van der Waals surface area contributed by atoms with Crippen molar-refractivity contribution in [2.45, 2.75) is 6.04 Å². The molecule has 0 aliphatic heterocycles. The molecule has 28 heavy (non-hydrogen) atoms. The first-order chi connectivity index (χ1) is 13.4. The minimum Gasteiger partial charge on any atom is -0.343 e. The smallest absolute Gasteiger partial charge is 0.251 e. The summed E-state index contributed by atoms with van der Waals surface area (Å²) in [5.41, 5.74) is 1.13. The van der Waals surface area contributed by atoms with Crippen LogP contribution in [0.25, 0.3) is 0 Å². The average molecular weight is 445 g/mol. The van der Waals surface area contributed by atoms with Crippen LogP contribution in [0.15, 0.2) is 65.4 Å². The normalized spacial score (nSPS) is 11.7. The van der Waals surface area contributed by atoms with E-state index in [1.165, 1.54) is 12.1 Å². The maximum Gasteiger partial charge on any atom is 0.251 e. The molecule has 2 aromatic carbocycles. The number of carbonyl (C=O) groups is 2. The molecular weight excluding hydrogens is 427 g/mol. The number of rotatable bonds is 6. The summed E-state index contributed by atoms with van der Waals surface area (Å²) < 4.78 is 15.8. The van der Waals surface area contributed by atoms with Gasteiger partial charge in [-0.1, -0.05) is 34.1 Å². The number of aromatic nitrogens is 2. The molecule has 2 amide bonds. The fourth-order valence-electron chi connectivity index (χ4n) is 2.71. The maximum absolute atomic E-state index is 13.3. The molecule has 1 heterocycles. The molecule has 0 spiro atoms. The number of nitrogens with one attached hydrogen (secondary N) is 2. The van der Waals surface area contributed by atoms with Crippen molar-refractivity contribution in [3.05, 3.63) is 88.2 Å². The van der Waals surface area contributed by atoms with Gasteiger partial charge >= 0.3 is 0 Å². The summed E-state index contributed by atoms with van der Waals surface area (Å²) in [6, 6.07) is 12.1. The van der Waals surface area contributed by atoms with Crippen molar-refractivity contribution in [2.75, 3.05) is 6.54 Å². The van der Waals surface area contributed by atoms with E-state index in [0.717, 1.165) is 4.47 Å². The average Bonchev–Trinajstić information content (AvgIpc) is 3.10. The van der Waals surface area contributed by atoms with Crippen LogP contribution in [-0.2, 0) is 11.8 Å². The molecule has 1 atom stereocenters. The van der Waals surface area contributed by atoms with E-state index in [1.807, 2.05) is 6.07 Å². The van der Waals surface area contributed by atoms with Gasteiger partial charge in [-0.05, 0) is 35.9 Å². The van der Waals surface area contributed by atoms with Crippen molar-refractivity contribution in [3.63, 3.8) is 0 Å². The molecule has 2 N–H and O–H groups in total. The molecule has 0 aliphatic rings. The van der Waals surface area contributed by atoms with E-state index in [0.29, 0.717) is 17.0 Å². The Bertz CT molecular complexity index is 988. The Balaban J connectivity index is 1.70. The van der Waals surface area contributed by atoms with Crippen LogP contribution in [0.1, 0.15) is 27.8 Å². The first-order valence-corrected chi connectivity index (χ1v) is 9.29. The minimum absolute atomic E-state index is 0.201. The second-order valence-corrected chi connectivity index (χ2v) is 7.06. The summed E-state index contributed by atoms with van der Waals surface area (Å²) in [7, 11) is 1.81. The van der Waals surface area contributed by atoms with Crippen LogP contribution in [0.5, 0.6) is 0 Å². The van der Waals surface area contributed by atoms with Gasteiger partial charge < -0.3 is 15.2 Å². The number of hydrogen-bond donors (Lipinski definition) is 2. The van der Waals surface area contributed by atoms with Gasteiger partial charge in [-0.2, -0.15) is 0 Å². The van der Waals surface area contributed by atoms with E-state index in [2.05, 4.69) is 31.5 Å². The zero-order chi connectivity index (χ0) is 20.1. The van der Waals surface area contributed by atoms with E-state index >= 15 is 0 Å². The number of amides is 2.